The molecule has 0 saturated heterocycles. The van der Waals surface area contributed by atoms with Crippen LogP contribution in [0.25, 0.3) is 11.4 Å². The minimum atomic E-state index is -0.461. The lowest BCUT2D eigenvalue weighted by Gasteiger charge is -2.17. The third kappa shape index (κ3) is 4.42. The number of aliphatic hydroxyl groups excluding tert-OH is 1. The summed E-state index contributed by atoms with van der Waals surface area (Å²) in [5, 5.41) is 24.1. The molecule has 3 rings (SSSR count). The van der Waals surface area contributed by atoms with E-state index in [9.17, 15) is 9.90 Å². The minimum absolute atomic E-state index is 0.147. The zero-order valence-electron chi connectivity index (χ0n) is 14.2. The normalized spacial score (nSPS) is 11.8. The number of benzene rings is 2. The van der Waals surface area contributed by atoms with Gasteiger partial charge >= 0.3 is 0 Å². The molecule has 1 heterocycles. The fraction of sp³-hybridized carbons (Fsp3) is 0.222. The van der Waals surface area contributed by atoms with E-state index in [1.807, 2.05) is 30.3 Å². The summed E-state index contributed by atoms with van der Waals surface area (Å²) in [6.07, 6.45) is 0. The highest BCUT2D eigenvalue weighted by Gasteiger charge is 2.13. The molecule has 1 amide bonds. The summed E-state index contributed by atoms with van der Waals surface area (Å²) in [5.74, 6) is 0.756. The second-order valence-electron chi connectivity index (χ2n) is 5.63. The number of nitrogens with one attached hydrogen (secondary N) is 1. The second kappa shape index (κ2) is 8.21. The highest BCUT2D eigenvalue weighted by molar-refractivity contribution is 5.78. The minimum Gasteiger partial charge on any atom is -0.484 e. The summed E-state index contributed by atoms with van der Waals surface area (Å²) >= 11 is 0. The Kier molecular flexibility index (Phi) is 5.55. The van der Waals surface area contributed by atoms with Crippen molar-refractivity contribution >= 4 is 5.91 Å². The van der Waals surface area contributed by atoms with Gasteiger partial charge in [0.15, 0.2) is 6.61 Å². The van der Waals surface area contributed by atoms with Crippen LogP contribution in [0.5, 0.6) is 5.75 Å². The van der Waals surface area contributed by atoms with Crippen molar-refractivity contribution < 1.29 is 14.6 Å². The standard InChI is InChI=1S/C18H19N5O3/c1-23-21-18(20-22-23)14-7-9-15(10-8-14)26-12-17(25)19-16(11-24)13-5-3-2-4-6-13/h2-10,16,24H,11-12H2,1H3,(H,19,25). The molecule has 1 aromatic heterocycles. The number of hydrogen-bond acceptors (Lipinski definition) is 6. The van der Waals surface area contributed by atoms with E-state index in [4.69, 9.17) is 4.74 Å². The fourth-order valence-corrected chi connectivity index (χ4v) is 2.40. The smallest absolute Gasteiger partial charge is 0.258 e. The molecular formula is C18H19N5O3. The fourth-order valence-electron chi connectivity index (χ4n) is 2.40. The summed E-state index contributed by atoms with van der Waals surface area (Å²) in [6.45, 7) is -0.332. The molecule has 8 nitrogen and oxygen atoms in total. The first-order chi connectivity index (χ1) is 12.7. The third-order valence-electron chi connectivity index (χ3n) is 3.71. The number of carbonyl (C=O) groups excluding carboxylic acids is 1. The van der Waals surface area contributed by atoms with Gasteiger partial charge in [0, 0.05) is 5.56 Å². The van der Waals surface area contributed by atoms with E-state index in [2.05, 4.69) is 20.7 Å². The molecule has 0 radical (unpaired) electrons. The topological polar surface area (TPSA) is 102 Å². The van der Waals surface area contributed by atoms with Crippen molar-refractivity contribution in [1.29, 1.82) is 0 Å². The zero-order chi connectivity index (χ0) is 18.4. The molecule has 2 aromatic carbocycles. The van der Waals surface area contributed by atoms with Crippen LogP contribution in [0.4, 0.5) is 0 Å². The Bertz CT molecular complexity index is 849. The van der Waals surface area contributed by atoms with Gasteiger partial charge in [-0.25, -0.2) is 0 Å². The van der Waals surface area contributed by atoms with Gasteiger partial charge in [-0.1, -0.05) is 30.3 Å². The van der Waals surface area contributed by atoms with Gasteiger partial charge in [-0.05, 0) is 35.0 Å². The van der Waals surface area contributed by atoms with E-state index in [0.29, 0.717) is 11.6 Å². The lowest BCUT2D eigenvalue weighted by molar-refractivity contribution is -0.124. The predicted molar refractivity (Wildman–Crippen MR) is 94.1 cm³/mol. The second-order valence-corrected chi connectivity index (χ2v) is 5.63. The number of carbonyl (C=O) groups is 1. The molecule has 8 heteroatoms. The number of ether oxygens (including phenoxy) is 1. The highest BCUT2D eigenvalue weighted by Crippen LogP contribution is 2.18. The molecule has 2 N–H and O–H groups in total. The van der Waals surface area contributed by atoms with Gasteiger partial charge in [0.25, 0.3) is 5.91 Å². The first kappa shape index (κ1) is 17.6. The maximum Gasteiger partial charge on any atom is 0.258 e. The van der Waals surface area contributed by atoms with E-state index in [0.717, 1.165) is 11.1 Å². The van der Waals surface area contributed by atoms with E-state index >= 15 is 0 Å². The Hall–Kier alpha value is -3.26. The summed E-state index contributed by atoms with van der Waals surface area (Å²) in [5.41, 5.74) is 1.64. The van der Waals surface area contributed by atoms with E-state index < -0.39 is 6.04 Å². The number of rotatable bonds is 7. The molecule has 1 unspecified atom stereocenters. The monoisotopic (exact) mass is 353 g/mol. The van der Waals surface area contributed by atoms with Crippen LogP contribution in [0.2, 0.25) is 0 Å². The van der Waals surface area contributed by atoms with Gasteiger partial charge < -0.3 is 15.2 Å². The van der Waals surface area contributed by atoms with Crippen LogP contribution < -0.4 is 10.1 Å². The molecule has 1 atom stereocenters. The molecule has 26 heavy (non-hydrogen) atoms. The van der Waals surface area contributed by atoms with Crippen molar-refractivity contribution in [2.75, 3.05) is 13.2 Å². The van der Waals surface area contributed by atoms with Crippen molar-refractivity contribution in [3.63, 3.8) is 0 Å². The van der Waals surface area contributed by atoms with Crippen LogP contribution >= 0.6 is 0 Å². The van der Waals surface area contributed by atoms with Crippen LogP contribution in [0, 0.1) is 0 Å². The van der Waals surface area contributed by atoms with Crippen molar-refractivity contribution in [3.8, 4) is 17.1 Å². The number of aromatic nitrogens is 4. The number of nitrogens with zero attached hydrogens (tertiary/aromatic N) is 4. The van der Waals surface area contributed by atoms with E-state index in [1.165, 1.54) is 4.80 Å². The average molecular weight is 353 g/mol. The molecule has 0 saturated carbocycles. The molecule has 3 aromatic rings. The first-order valence-electron chi connectivity index (χ1n) is 8.08. The van der Waals surface area contributed by atoms with Gasteiger partial charge in [-0.3, -0.25) is 4.79 Å². The summed E-state index contributed by atoms with van der Waals surface area (Å²) in [4.78, 5) is 13.5. The predicted octanol–water partition coefficient (Wildman–Crippen LogP) is 1.11. The number of amides is 1. The van der Waals surface area contributed by atoms with Gasteiger partial charge in [-0.15, -0.1) is 10.2 Å². The van der Waals surface area contributed by atoms with E-state index in [-0.39, 0.29) is 19.1 Å². The van der Waals surface area contributed by atoms with Crippen LogP contribution in [-0.2, 0) is 11.8 Å². The molecular weight excluding hydrogens is 334 g/mol. The Morgan fingerprint density at radius 1 is 1.19 bits per heavy atom. The van der Waals surface area contributed by atoms with Gasteiger partial charge in [0.05, 0.1) is 19.7 Å². The Labute approximate surface area is 150 Å². The van der Waals surface area contributed by atoms with Crippen LogP contribution in [0.1, 0.15) is 11.6 Å². The highest BCUT2D eigenvalue weighted by atomic mass is 16.5. The molecule has 134 valence electrons. The number of hydrogen-bond donors (Lipinski definition) is 2. The molecule has 0 bridgehead atoms. The lowest BCUT2D eigenvalue weighted by Crippen LogP contribution is -2.34. The van der Waals surface area contributed by atoms with Crippen LogP contribution in [0.3, 0.4) is 0 Å². The van der Waals surface area contributed by atoms with Crippen molar-refractivity contribution in [2.45, 2.75) is 6.04 Å². The molecule has 0 aliphatic rings. The van der Waals surface area contributed by atoms with Gasteiger partial charge in [0.1, 0.15) is 5.75 Å². The van der Waals surface area contributed by atoms with E-state index in [1.54, 1.807) is 31.3 Å². The summed E-state index contributed by atoms with van der Waals surface area (Å²) in [7, 11) is 1.70. The van der Waals surface area contributed by atoms with Crippen LogP contribution in [-0.4, -0.2) is 44.4 Å². The van der Waals surface area contributed by atoms with Crippen molar-refractivity contribution in [3.05, 3.63) is 60.2 Å². The largest absolute Gasteiger partial charge is 0.484 e. The maximum atomic E-state index is 12.1. The quantitative estimate of drug-likeness (QED) is 0.660. The van der Waals surface area contributed by atoms with Crippen LogP contribution in [0.15, 0.2) is 54.6 Å². The average Bonchev–Trinajstić information content (AvgIpc) is 3.12. The number of aryl methyl sites for hydroxylation is 1. The molecule has 0 fully saturated rings. The Morgan fingerprint density at radius 3 is 2.54 bits per heavy atom. The third-order valence-corrected chi connectivity index (χ3v) is 3.71. The Balaban J connectivity index is 1.54. The lowest BCUT2D eigenvalue weighted by atomic mass is 10.1. The van der Waals surface area contributed by atoms with Gasteiger partial charge in [0.2, 0.25) is 5.82 Å². The maximum absolute atomic E-state index is 12.1. The van der Waals surface area contributed by atoms with Crippen molar-refractivity contribution in [2.24, 2.45) is 7.05 Å². The SMILES string of the molecule is Cn1nnc(-c2ccc(OCC(=O)NC(CO)c3ccccc3)cc2)n1. The molecule has 0 aliphatic carbocycles. The first-order valence-corrected chi connectivity index (χ1v) is 8.08. The molecule has 0 aliphatic heterocycles. The zero-order valence-corrected chi connectivity index (χ0v) is 14.2. The Morgan fingerprint density at radius 2 is 1.92 bits per heavy atom. The number of tetrazole rings is 1. The summed E-state index contributed by atoms with van der Waals surface area (Å²) < 4.78 is 5.49. The number of aliphatic hydroxyl groups is 1. The van der Waals surface area contributed by atoms with Crippen molar-refractivity contribution in [1.82, 2.24) is 25.5 Å². The summed E-state index contributed by atoms with van der Waals surface area (Å²) in [6, 6.07) is 15.9. The molecule has 0 spiro atoms. The van der Waals surface area contributed by atoms with Gasteiger partial charge in [-0.2, -0.15) is 4.80 Å².